The molecule has 0 spiro atoms. The fourth-order valence-corrected chi connectivity index (χ4v) is 2.54. The Morgan fingerprint density at radius 2 is 2.18 bits per heavy atom. The lowest BCUT2D eigenvalue weighted by atomic mass is 9.91. The molecule has 94 valence electrons. The minimum absolute atomic E-state index is 0.322. The number of hydrogen-bond acceptors (Lipinski definition) is 2. The molecule has 1 N–H and O–H groups in total. The number of benzene rings is 1. The molecule has 0 saturated heterocycles. The van der Waals surface area contributed by atoms with Gasteiger partial charge in [0.25, 0.3) is 0 Å². The second-order valence-electron chi connectivity index (χ2n) is 5.24. The quantitative estimate of drug-likeness (QED) is 0.867. The second-order valence-corrected chi connectivity index (χ2v) is 5.24. The summed E-state index contributed by atoms with van der Waals surface area (Å²) in [6.07, 6.45) is 3.04. The maximum Gasteiger partial charge on any atom is 0.0815 e. The molecule has 1 heterocycles. The van der Waals surface area contributed by atoms with Gasteiger partial charge in [-0.05, 0) is 36.0 Å². The van der Waals surface area contributed by atoms with Crippen LogP contribution in [0.15, 0.2) is 18.2 Å². The van der Waals surface area contributed by atoms with Gasteiger partial charge >= 0.3 is 0 Å². The molecule has 0 saturated carbocycles. The van der Waals surface area contributed by atoms with Crippen LogP contribution in [-0.4, -0.2) is 18.7 Å². The Bertz CT molecular complexity index is 389. The summed E-state index contributed by atoms with van der Waals surface area (Å²) < 4.78 is 0. The number of aryl methyl sites for hydroxylation is 1. The van der Waals surface area contributed by atoms with Crippen LogP contribution < -0.4 is 4.90 Å². The molecule has 2 rings (SSSR count). The molecule has 17 heavy (non-hydrogen) atoms. The Labute approximate surface area is 104 Å². The second kappa shape index (κ2) is 5.09. The van der Waals surface area contributed by atoms with Gasteiger partial charge in [-0.2, -0.15) is 0 Å². The molecule has 0 radical (unpaired) electrons. The van der Waals surface area contributed by atoms with Gasteiger partial charge in [0.2, 0.25) is 0 Å². The lowest BCUT2D eigenvalue weighted by Gasteiger charge is -2.29. The first-order chi connectivity index (χ1) is 8.13. The van der Waals surface area contributed by atoms with E-state index in [9.17, 15) is 5.11 Å². The van der Waals surface area contributed by atoms with Gasteiger partial charge < -0.3 is 10.0 Å². The molecular weight excluding hydrogens is 210 g/mol. The largest absolute Gasteiger partial charge is 0.388 e. The van der Waals surface area contributed by atoms with Gasteiger partial charge in [-0.1, -0.05) is 32.4 Å². The minimum atomic E-state index is -0.322. The Morgan fingerprint density at radius 3 is 2.88 bits per heavy atom. The summed E-state index contributed by atoms with van der Waals surface area (Å²) in [6.45, 7) is 5.37. The molecule has 2 nitrogen and oxygen atoms in total. The lowest BCUT2D eigenvalue weighted by molar-refractivity contribution is 0.115. The number of rotatable bonds is 3. The van der Waals surface area contributed by atoms with Gasteiger partial charge in [0.15, 0.2) is 0 Å². The van der Waals surface area contributed by atoms with Crippen LogP contribution in [0, 0.1) is 5.92 Å². The summed E-state index contributed by atoms with van der Waals surface area (Å²) in [7, 11) is 2.14. The average Bonchev–Trinajstić information content (AvgIpc) is 2.37. The normalized spacial score (nSPS) is 18.7. The van der Waals surface area contributed by atoms with Crippen LogP contribution >= 0.6 is 0 Å². The summed E-state index contributed by atoms with van der Waals surface area (Å²) in [5, 5.41) is 10.2. The van der Waals surface area contributed by atoms with Gasteiger partial charge in [0, 0.05) is 19.3 Å². The van der Waals surface area contributed by atoms with Crippen LogP contribution in [0.2, 0.25) is 0 Å². The summed E-state index contributed by atoms with van der Waals surface area (Å²) >= 11 is 0. The van der Waals surface area contributed by atoms with Gasteiger partial charge in [0.1, 0.15) is 0 Å². The lowest BCUT2D eigenvalue weighted by Crippen LogP contribution is -2.24. The summed E-state index contributed by atoms with van der Waals surface area (Å²) in [6, 6.07) is 6.44. The van der Waals surface area contributed by atoms with Crippen LogP contribution in [0.3, 0.4) is 0 Å². The Kier molecular flexibility index (Phi) is 3.72. The highest BCUT2D eigenvalue weighted by atomic mass is 16.3. The predicted molar refractivity (Wildman–Crippen MR) is 72.4 cm³/mol. The van der Waals surface area contributed by atoms with Crippen molar-refractivity contribution >= 4 is 5.69 Å². The van der Waals surface area contributed by atoms with E-state index in [1.54, 1.807) is 0 Å². The van der Waals surface area contributed by atoms with Gasteiger partial charge in [-0.25, -0.2) is 0 Å². The van der Waals surface area contributed by atoms with Crippen molar-refractivity contribution in [2.24, 2.45) is 5.92 Å². The van der Waals surface area contributed by atoms with E-state index in [1.807, 2.05) is 0 Å². The monoisotopic (exact) mass is 233 g/mol. The van der Waals surface area contributed by atoms with Gasteiger partial charge in [0.05, 0.1) is 6.10 Å². The smallest absolute Gasteiger partial charge is 0.0815 e. The number of nitrogens with zero attached hydrogens (tertiary/aromatic N) is 1. The number of aliphatic hydroxyl groups excluding tert-OH is 1. The van der Waals surface area contributed by atoms with Crippen molar-refractivity contribution in [2.45, 2.75) is 39.2 Å². The third kappa shape index (κ3) is 2.47. The van der Waals surface area contributed by atoms with E-state index < -0.39 is 0 Å². The van der Waals surface area contributed by atoms with Crippen molar-refractivity contribution in [1.29, 1.82) is 0 Å². The molecule has 0 aliphatic carbocycles. The molecule has 0 bridgehead atoms. The van der Waals surface area contributed by atoms with Crippen molar-refractivity contribution in [3.05, 3.63) is 29.3 Å². The van der Waals surface area contributed by atoms with Crippen LogP contribution in [0.5, 0.6) is 0 Å². The molecule has 2 atom stereocenters. The zero-order valence-corrected chi connectivity index (χ0v) is 11.1. The Morgan fingerprint density at radius 1 is 1.41 bits per heavy atom. The summed E-state index contributed by atoms with van der Waals surface area (Å²) in [5.74, 6) is 0.328. The first-order valence-corrected chi connectivity index (χ1v) is 6.65. The average molecular weight is 233 g/mol. The maximum atomic E-state index is 10.2. The third-order valence-electron chi connectivity index (χ3n) is 3.98. The number of hydrogen-bond donors (Lipinski definition) is 1. The van der Waals surface area contributed by atoms with E-state index in [2.05, 4.69) is 44.0 Å². The maximum absolute atomic E-state index is 10.2. The van der Waals surface area contributed by atoms with E-state index in [1.165, 1.54) is 17.7 Å². The predicted octanol–water partition coefficient (Wildman–Crippen LogP) is 3.15. The topological polar surface area (TPSA) is 23.5 Å². The van der Waals surface area contributed by atoms with Crippen LogP contribution in [0.25, 0.3) is 0 Å². The first kappa shape index (κ1) is 12.4. The molecule has 1 aromatic carbocycles. The van der Waals surface area contributed by atoms with Crippen molar-refractivity contribution in [3.63, 3.8) is 0 Å². The fourth-order valence-electron chi connectivity index (χ4n) is 2.54. The molecule has 0 fully saturated rings. The van der Waals surface area contributed by atoms with Gasteiger partial charge in [-0.15, -0.1) is 0 Å². The highest BCUT2D eigenvalue weighted by molar-refractivity contribution is 5.56. The highest BCUT2D eigenvalue weighted by Crippen LogP contribution is 2.31. The molecule has 0 aromatic heterocycles. The summed E-state index contributed by atoms with van der Waals surface area (Å²) in [5.41, 5.74) is 3.79. The fraction of sp³-hybridized carbons (Fsp3) is 0.600. The molecule has 1 aromatic rings. The Hall–Kier alpha value is -1.02. The summed E-state index contributed by atoms with van der Waals surface area (Å²) in [4.78, 5) is 2.30. The van der Waals surface area contributed by atoms with Crippen molar-refractivity contribution in [2.75, 3.05) is 18.5 Å². The van der Waals surface area contributed by atoms with Crippen molar-refractivity contribution < 1.29 is 5.11 Å². The van der Waals surface area contributed by atoms with Crippen LogP contribution in [0.1, 0.15) is 43.9 Å². The van der Waals surface area contributed by atoms with E-state index in [0.29, 0.717) is 5.92 Å². The zero-order chi connectivity index (χ0) is 12.4. The molecule has 2 heteroatoms. The van der Waals surface area contributed by atoms with Crippen molar-refractivity contribution in [3.8, 4) is 0 Å². The number of aliphatic hydroxyl groups is 1. The molecular formula is C15H23NO. The van der Waals surface area contributed by atoms with Crippen LogP contribution in [0.4, 0.5) is 5.69 Å². The number of fused-ring (bicyclic) bond motifs is 1. The molecule has 1 aliphatic rings. The van der Waals surface area contributed by atoms with E-state index in [-0.39, 0.29) is 6.10 Å². The minimum Gasteiger partial charge on any atom is -0.388 e. The van der Waals surface area contributed by atoms with Crippen LogP contribution in [-0.2, 0) is 6.42 Å². The van der Waals surface area contributed by atoms with E-state index in [4.69, 9.17) is 0 Å². The SMILES string of the molecule is CCC(C)C(O)c1ccc2c(c1)CCCN2C. The Balaban J connectivity index is 2.27. The number of anilines is 1. The van der Waals surface area contributed by atoms with E-state index >= 15 is 0 Å². The molecule has 0 amide bonds. The molecule has 1 aliphatic heterocycles. The zero-order valence-electron chi connectivity index (χ0n) is 11.1. The van der Waals surface area contributed by atoms with E-state index in [0.717, 1.165) is 24.9 Å². The standard InChI is InChI=1S/C15H23NO/c1-4-11(2)15(17)13-7-8-14-12(10-13)6-5-9-16(14)3/h7-8,10-11,15,17H,4-6,9H2,1-3H3. The first-order valence-electron chi connectivity index (χ1n) is 6.65. The molecule has 2 unspecified atom stereocenters. The highest BCUT2D eigenvalue weighted by Gasteiger charge is 2.18. The third-order valence-corrected chi connectivity index (χ3v) is 3.98. The van der Waals surface area contributed by atoms with Crippen molar-refractivity contribution in [1.82, 2.24) is 0 Å². The van der Waals surface area contributed by atoms with Gasteiger partial charge in [-0.3, -0.25) is 0 Å².